The molecule has 0 bridgehead atoms. The summed E-state index contributed by atoms with van der Waals surface area (Å²) >= 11 is 0. The van der Waals surface area contributed by atoms with E-state index in [0.29, 0.717) is 0 Å². The van der Waals surface area contributed by atoms with Crippen molar-refractivity contribution in [2.45, 2.75) is 38.5 Å². The Balaban J connectivity index is 1.77. The molecule has 2 N–H and O–H groups in total. The van der Waals surface area contributed by atoms with E-state index < -0.39 is 5.82 Å². The predicted molar refractivity (Wildman–Crippen MR) is 68.0 cm³/mol. The van der Waals surface area contributed by atoms with Gasteiger partial charge in [-0.05, 0) is 31.9 Å². The molecule has 1 saturated heterocycles. The van der Waals surface area contributed by atoms with Crippen LogP contribution in [-0.2, 0) is 11.3 Å². The molecular weight excluding hydrogens is 249 g/mol. The summed E-state index contributed by atoms with van der Waals surface area (Å²) in [6.45, 7) is 2.71. The van der Waals surface area contributed by atoms with E-state index in [1.807, 2.05) is 6.92 Å². The third-order valence-electron chi connectivity index (χ3n) is 3.13. The third-order valence-corrected chi connectivity index (χ3v) is 3.13. The quantitative estimate of drug-likeness (QED) is 0.870. The van der Waals surface area contributed by atoms with E-state index in [9.17, 15) is 9.18 Å². The Labute approximate surface area is 111 Å². The van der Waals surface area contributed by atoms with Gasteiger partial charge in [0.2, 0.25) is 0 Å². The van der Waals surface area contributed by atoms with Gasteiger partial charge < -0.3 is 15.4 Å². The number of urea groups is 1. The topological polar surface area (TPSA) is 63.2 Å². The van der Waals surface area contributed by atoms with Crippen molar-refractivity contribution in [3.05, 3.63) is 29.8 Å². The fourth-order valence-corrected chi connectivity index (χ4v) is 2.06. The van der Waals surface area contributed by atoms with Crippen LogP contribution in [0.2, 0.25) is 0 Å². The van der Waals surface area contributed by atoms with E-state index >= 15 is 0 Å². The first-order valence-corrected chi connectivity index (χ1v) is 6.42. The average molecular weight is 267 g/mol. The zero-order chi connectivity index (χ0) is 13.7. The van der Waals surface area contributed by atoms with Crippen molar-refractivity contribution >= 4 is 6.03 Å². The molecule has 5 nitrogen and oxygen atoms in total. The average Bonchev–Trinajstić information content (AvgIpc) is 2.91. The molecule has 2 atom stereocenters. The van der Waals surface area contributed by atoms with Gasteiger partial charge in [-0.3, -0.25) is 4.98 Å². The van der Waals surface area contributed by atoms with Crippen LogP contribution in [0.1, 0.15) is 25.5 Å². The molecule has 6 heteroatoms. The van der Waals surface area contributed by atoms with Gasteiger partial charge in [-0.25, -0.2) is 9.18 Å². The number of ether oxygens (including phenoxy) is 1. The summed E-state index contributed by atoms with van der Waals surface area (Å²) in [5.41, 5.74) is 0.224. The molecule has 0 spiro atoms. The summed E-state index contributed by atoms with van der Waals surface area (Å²) in [6, 6.07) is 2.43. The van der Waals surface area contributed by atoms with E-state index in [1.54, 1.807) is 0 Å². The van der Waals surface area contributed by atoms with E-state index in [4.69, 9.17) is 4.74 Å². The Morgan fingerprint density at radius 1 is 1.68 bits per heavy atom. The van der Waals surface area contributed by atoms with E-state index in [1.165, 1.54) is 18.3 Å². The summed E-state index contributed by atoms with van der Waals surface area (Å²) in [6.07, 6.45) is 3.54. The number of rotatable bonds is 4. The van der Waals surface area contributed by atoms with E-state index in [0.717, 1.165) is 19.4 Å². The molecule has 2 heterocycles. The van der Waals surface area contributed by atoms with Crippen molar-refractivity contribution in [3.8, 4) is 0 Å². The fraction of sp³-hybridized carbons (Fsp3) is 0.538. The van der Waals surface area contributed by atoms with Crippen LogP contribution in [0.5, 0.6) is 0 Å². The van der Waals surface area contributed by atoms with Crippen molar-refractivity contribution in [1.29, 1.82) is 0 Å². The first-order chi connectivity index (χ1) is 9.16. The molecular formula is C13H18FN3O2. The monoisotopic (exact) mass is 267 g/mol. The van der Waals surface area contributed by atoms with Crippen LogP contribution in [-0.4, -0.2) is 29.8 Å². The van der Waals surface area contributed by atoms with Crippen LogP contribution in [0, 0.1) is 5.82 Å². The number of carbonyl (C=O) groups excluding carboxylic acids is 1. The fourth-order valence-electron chi connectivity index (χ4n) is 2.06. The van der Waals surface area contributed by atoms with Gasteiger partial charge in [-0.1, -0.05) is 0 Å². The Bertz CT molecular complexity index is 436. The van der Waals surface area contributed by atoms with Crippen LogP contribution in [0.3, 0.4) is 0 Å². The highest BCUT2D eigenvalue weighted by atomic mass is 19.1. The maximum atomic E-state index is 13.3. The third kappa shape index (κ3) is 3.89. The van der Waals surface area contributed by atoms with Gasteiger partial charge >= 0.3 is 6.03 Å². The molecule has 0 unspecified atom stereocenters. The van der Waals surface area contributed by atoms with Gasteiger partial charge in [0.1, 0.15) is 5.82 Å². The van der Waals surface area contributed by atoms with Gasteiger partial charge in [-0.15, -0.1) is 0 Å². The van der Waals surface area contributed by atoms with Crippen LogP contribution >= 0.6 is 0 Å². The molecule has 0 aromatic carbocycles. The lowest BCUT2D eigenvalue weighted by Crippen LogP contribution is -2.45. The van der Waals surface area contributed by atoms with Crippen LogP contribution in [0.25, 0.3) is 0 Å². The van der Waals surface area contributed by atoms with Gasteiger partial charge in [0.25, 0.3) is 0 Å². The lowest BCUT2D eigenvalue weighted by Gasteiger charge is -2.20. The molecule has 1 aromatic rings. The summed E-state index contributed by atoms with van der Waals surface area (Å²) in [4.78, 5) is 15.5. The zero-order valence-electron chi connectivity index (χ0n) is 10.9. The number of nitrogens with zero attached hydrogens (tertiary/aromatic N) is 1. The lowest BCUT2D eigenvalue weighted by atomic mass is 10.1. The largest absolute Gasteiger partial charge is 0.376 e. The minimum Gasteiger partial charge on any atom is -0.376 e. The molecule has 1 aromatic heterocycles. The van der Waals surface area contributed by atoms with Crippen LogP contribution in [0.15, 0.2) is 18.3 Å². The van der Waals surface area contributed by atoms with Crippen molar-refractivity contribution in [2.75, 3.05) is 6.61 Å². The van der Waals surface area contributed by atoms with Gasteiger partial charge in [0.05, 0.1) is 24.4 Å². The summed E-state index contributed by atoms with van der Waals surface area (Å²) < 4.78 is 18.8. The number of nitrogens with one attached hydrogen (secondary N) is 2. The predicted octanol–water partition coefficient (Wildman–Crippen LogP) is 1.59. The molecule has 0 saturated carbocycles. The van der Waals surface area contributed by atoms with Crippen LogP contribution < -0.4 is 10.6 Å². The Hall–Kier alpha value is -1.69. The van der Waals surface area contributed by atoms with Gasteiger partial charge in [0, 0.05) is 12.8 Å². The first kappa shape index (κ1) is 13.7. The normalized spacial score (nSPS) is 20.0. The first-order valence-electron chi connectivity index (χ1n) is 6.42. The highest BCUT2D eigenvalue weighted by Crippen LogP contribution is 2.15. The van der Waals surface area contributed by atoms with Gasteiger partial charge in [-0.2, -0.15) is 0 Å². The number of carbonyl (C=O) groups is 1. The molecule has 2 rings (SSSR count). The smallest absolute Gasteiger partial charge is 0.315 e. The molecule has 0 radical (unpaired) electrons. The SMILES string of the molecule is C[C@@H](NC(=O)NCc1ncccc1F)[C@H]1CCCO1. The van der Waals surface area contributed by atoms with Crippen molar-refractivity contribution < 1.29 is 13.9 Å². The molecule has 1 fully saturated rings. The number of aromatic nitrogens is 1. The second-order valence-corrected chi connectivity index (χ2v) is 4.60. The number of hydrogen-bond acceptors (Lipinski definition) is 3. The van der Waals surface area contributed by atoms with Crippen molar-refractivity contribution in [3.63, 3.8) is 0 Å². The Kier molecular flexibility index (Phi) is 4.68. The number of halogens is 1. The minimum absolute atomic E-state index is 0.0592. The number of hydrogen-bond donors (Lipinski definition) is 2. The van der Waals surface area contributed by atoms with Crippen molar-refractivity contribution in [1.82, 2.24) is 15.6 Å². The van der Waals surface area contributed by atoms with Crippen LogP contribution in [0.4, 0.5) is 9.18 Å². The molecule has 104 valence electrons. The summed E-state index contributed by atoms with van der Waals surface area (Å²) in [7, 11) is 0. The molecule has 2 amide bonds. The number of amides is 2. The standard InChI is InChI=1S/C13H18FN3O2/c1-9(12-5-3-7-19-12)17-13(18)16-8-11-10(14)4-2-6-15-11/h2,4,6,9,12H,3,5,7-8H2,1H3,(H2,16,17,18)/t9-,12-/m1/s1. The summed E-state index contributed by atoms with van der Waals surface area (Å²) in [5, 5.41) is 5.37. The Morgan fingerprint density at radius 3 is 3.21 bits per heavy atom. The molecule has 1 aliphatic rings. The molecule has 0 aliphatic carbocycles. The Morgan fingerprint density at radius 2 is 2.53 bits per heavy atom. The van der Waals surface area contributed by atoms with Gasteiger partial charge in [0.15, 0.2) is 0 Å². The summed E-state index contributed by atoms with van der Waals surface area (Å²) in [5.74, 6) is -0.421. The van der Waals surface area contributed by atoms with E-state index in [-0.39, 0.29) is 30.4 Å². The molecule has 19 heavy (non-hydrogen) atoms. The lowest BCUT2D eigenvalue weighted by molar-refractivity contribution is 0.0860. The van der Waals surface area contributed by atoms with Crippen molar-refractivity contribution in [2.24, 2.45) is 0 Å². The second kappa shape index (κ2) is 6.47. The zero-order valence-corrected chi connectivity index (χ0v) is 10.9. The molecule has 1 aliphatic heterocycles. The maximum absolute atomic E-state index is 13.3. The van der Waals surface area contributed by atoms with E-state index in [2.05, 4.69) is 15.6 Å². The second-order valence-electron chi connectivity index (χ2n) is 4.60. The maximum Gasteiger partial charge on any atom is 0.315 e. The number of pyridine rings is 1. The highest BCUT2D eigenvalue weighted by Gasteiger charge is 2.23. The minimum atomic E-state index is -0.421. The highest BCUT2D eigenvalue weighted by molar-refractivity contribution is 5.74.